The number of benzene rings is 2. The van der Waals surface area contributed by atoms with Gasteiger partial charge in [0.05, 0.1) is 28.5 Å². The van der Waals surface area contributed by atoms with Crippen molar-refractivity contribution in [2.45, 2.75) is 44.7 Å². The van der Waals surface area contributed by atoms with Crippen molar-refractivity contribution >= 4 is 43.6 Å². The Labute approximate surface area is 242 Å². The molecule has 0 spiro atoms. The van der Waals surface area contributed by atoms with E-state index in [1.165, 1.54) is 16.6 Å². The number of hydrogen-bond donors (Lipinski definition) is 0. The van der Waals surface area contributed by atoms with Crippen molar-refractivity contribution in [1.29, 1.82) is 0 Å². The predicted molar refractivity (Wildman–Crippen MR) is 156 cm³/mol. The largest absolute Gasteiger partial charge is 0.424 e. The van der Waals surface area contributed by atoms with Crippen molar-refractivity contribution in [3.63, 3.8) is 0 Å². The van der Waals surface area contributed by atoms with E-state index in [4.69, 9.17) is 21.3 Å². The average molecular weight is 595 g/mol. The number of pyridine rings is 1. The Morgan fingerprint density at radius 3 is 2.44 bits per heavy atom. The second-order valence-corrected chi connectivity index (χ2v) is 12.8. The van der Waals surface area contributed by atoms with Crippen LogP contribution in [0.15, 0.2) is 55.0 Å². The van der Waals surface area contributed by atoms with Crippen LogP contribution in [0.25, 0.3) is 33.1 Å². The van der Waals surface area contributed by atoms with E-state index < -0.39 is 15.8 Å². The van der Waals surface area contributed by atoms with Crippen molar-refractivity contribution in [2.24, 2.45) is 0 Å². The fourth-order valence-corrected chi connectivity index (χ4v) is 6.76. The summed E-state index contributed by atoms with van der Waals surface area (Å²) in [5.41, 5.74) is 2.97. The molecule has 41 heavy (non-hydrogen) atoms. The molecular formula is C29H28ClFN6O3S. The molecule has 9 nitrogen and oxygen atoms in total. The molecule has 0 atom stereocenters. The lowest BCUT2D eigenvalue weighted by Crippen LogP contribution is -2.39. The first-order valence-corrected chi connectivity index (χ1v) is 15.5. The molecule has 1 saturated carbocycles. The van der Waals surface area contributed by atoms with Crippen LogP contribution < -0.4 is 4.74 Å². The third-order valence-electron chi connectivity index (χ3n) is 7.83. The number of aryl methyl sites for hydroxylation is 1. The number of fused-ring (bicyclic) bond motifs is 3. The van der Waals surface area contributed by atoms with Crippen LogP contribution in [0, 0.1) is 12.7 Å². The molecule has 5 aromatic rings. The first-order valence-electron chi connectivity index (χ1n) is 13.2. The van der Waals surface area contributed by atoms with Crippen molar-refractivity contribution in [2.75, 3.05) is 13.3 Å². The molecule has 3 heterocycles. The van der Waals surface area contributed by atoms with Crippen LogP contribution in [0.5, 0.6) is 11.8 Å². The van der Waals surface area contributed by atoms with Crippen molar-refractivity contribution < 1.29 is 17.5 Å². The average Bonchev–Trinajstić information content (AvgIpc) is 3.29. The Bertz CT molecular complexity index is 1870. The van der Waals surface area contributed by atoms with Gasteiger partial charge < -0.3 is 9.30 Å². The molecule has 6 rings (SSSR count). The van der Waals surface area contributed by atoms with Crippen LogP contribution in [0.3, 0.4) is 0 Å². The third kappa shape index (κ3) is 5.25. The second kappa shape index (κ2) is 10.6. The topological polar surface area (TPSA) is 103 Å². The quantitative estimate of drug-likeness (QED) is 0.227. The number of rotatable bonds is 6. The summed E-state index contributed by atoms with van der Waals surface area (Å²) in [7, 11) is -1.61. The molecule has 1 aliphatic carbocycles. The SMILES string of the molecule is Cc1nc2cnc3cc(F)c(-c4ccc(Oc5ncccn5)cc4Cl)cc3c2n1C1CCC(N(C)S(C)(=O)=O)CC1. The molecule has 1 aliphatic rings. The molecule has 212 valence electrons. The van der Waals surface area contributed by atoms with E-state index in [1.54, 1.807) is 56.0 Å². The highest BCUT2D eigenvalue weighted by molar-refractivity contribution is 7.88. The highest BCUT2D eigenvalue weighted by Gasteiger charge is 2.30. The molecule has 3 aromatic heterocycles. The van der Waals surface area contributed by atoms with Crippen molar-refractivity contribution in [1.82, 2.24) is 28.8 Å². The first kappa shape index (κ1) is 27.5. The Hall–Kier alpha value is -3.67. The Morgan fingerprint density at radius 1 is 1.02 bits per heavy atom. The minimum Gasteiger partial charge on any atom is -0.424 e. The first-order chi connectivity index (χ1) is 19.6. The van der Waals surface area contributed by atoms with Gasteiger partial charge in [0.1, 0.15) is 22.9 Å². The van der Waals surface area contributed by atoms with E-state index in [0.717, 1.165) is 47.9 Å². The monoisotopic (exact) mass is 594 g/mol. The van der Waals surface area contributed by atoms with Crippen molar-refractivity contribution in [3.05, 3.63) is 71.7 Å². The van der Waals surface area contributed by atoms with Crippen LogP contribution in [0.2, 0.25) is 5.02 Å². The molecule has 1 fully saturated rings. The van der Waals surface area contributed by atoms with Gasteiger partial charge in [-0.3, -0.25) is 4.98 Å². The Morgan fingerprint density at radius 2 is 1.76 bits per heavy atom. The van der Waals surface area contributed by atoms with Gasteiger partial charge in [-0.25, -0.2) is 32.1 Å². The van der Waals surface area contributed by atoms with Crippen molar-refractivity contribution in [3.8, 4) is 22.9 Å². The predicted octanol–water partition coefficient (Wildman–Crippen LogP) is 6.31. The van der Waals surface area contributed by atoms with Crippen LogP contribution in [-0.4, -0.2) is 56.6 Å². The summed E-state index contributed by atoms with van der Waals surface area (Å²) in [4.78, 5) is 17.4. The number of sulfonamides is 1. The van der Waals surface area contributed by atoms with E-state index >= 15 is 4.39 Å². The lowest BCUT2D eigenvalue weighted by atomic mass is 9.90. The highest BCUT2D eigenvalue weighted by atomic mass is 35.5. The summed E-state index contributed by atoms with van der Waals surface area (Å²) in [6, 6.07) is 10.2. The van der Waals surface area contributed by atoms with Gasteiger partial charge in [0, 0.05) is 60.2 Å². The fourth-order valence-electron chi connectivity index (χ4n) is 5.74. The van der Waals surface area contributed by atoms with Crippen LogP contribution in [0.4, 0.5) is 4.39 Å². The number of nitrogens with zero attached hydrogens (tertiary/aromatic N) is 6. The number of halogens is 2. The number of hydrogen-bond acceptors (Lipinski definition) is 7. The summed E-state index contributed by atoms with van der Waals surface area (Å²) < 4.78 is 49.0. The molecule has 0 bridgehead atoms. The van der Waals surface area contributed by atoms with Gasteiger partial charge in [-0.2, -0.15) is 0 Å². The zero-order valence-electron chi connectivity index (χ0n) is 22.8. The van der Waals surface area contributed by atoms with Gasteiger partial charge >= 0.3 is 6.01 Å². The van der Waals surface area contributed by atoms with Crippen LogP contribution >= 0.6 is 11.6 Å². The van der Waals surface area contributed by atoms with Gasteiger partial charge in [-0.05, 0) is 56.9 Å². The van der Waals surface area contributed by atoms with E-state index in [1.807, 2.05) is 6.92 Å². The van der Waals surface area contributed by atoms with Gasteiger partial charge in [0.2, 0.25) is 10.0 Å². The molecule has 2 aromatic carbocycles. The maximum atomic E-state index is 15.5. The summed E-state index contributed by atoms with van der Waals surface area (Å²) in [6.45, 7) is 1.96. The minimum atomic E-state index is -3.26. The van der Waals surface area contributed by atoms with E-state index in [0.29, 0.717) is 27.4 Å². The van der Waals surface area contributed by atoms with Gasteiger partial charge in [0.25, 0.3) is 0 Å². The lowest BCUT2D eigenvalue weighted by molar-refractivity contribution is 0.239. The van der Waals surface area contributed by atoms with Crippen LogP contribution in [0.1, 0.15) is 37.5 Å². The molecule has 0 radical (unpaired) electrons. The summed E-state index contributed by atoms with van der Waals surface area (Å²) in [6.07, 6.45) is 9.15. The maximum Gasteiger partial charge on any atom is 0.321 e. The molecule has 0 aliphatic heterocycles. The molecule has 0 saturated heterocycles. The smallest absolute Gasteiger partial charge is 0.321 e. The Balaban J connectivity index is 1.38. The van der Waals surface area contributed by atoms with E-state index in [9.17, 15) is 8.42 Å². The van der Waals surface area contributed by atoms with Gasteiger partial charge in [-0.15, -0.1) is 0 Å². The van der Waals surface area contributed by atoms with Gasteiger partial charge in [-0.1, -0.05) is 11.6 Å². The standard InChI is InChI=1S/C29H28ClFN6O3S/c1-17-35-27-16-34-26-15-25(31)22(21-10-9-20(13-24(21)30)40-29-32-11-4-12-33-29)14-23(26)28(27)37(17)19-7-5-18(6-8-19)36(2)41(3,38)39/h4,9-16,18-19H,5-8H2,1-3H3. The van der Waals surface area contributed by atoms with E-state index in [-0.39, 0.29) is 18.1 Å². The van der Waals surface area contributed by atoms with Gasteiger partial charge in [0.15, 0.2) is 0 Å². The summed E-state index contributed by atoms with van der Waals surface area (Å²) in [5.74, 6) is 0.821. The summed E-state index contributed by atoms with van der Waals surface area (Å²) >= 11 is 6.63. The second-order valence-electron chi connectivity index (χ2n) is 10.4. The molecule has 0 unspecified atom stereocenters. The normalized spacial score (nSPS) is 17.9. The number of ether oxygens (including phenoxy) is 1. The van der Waals surface area contributed by atoms with E-state index in [2.05, 4.69) is 19.5 Å². The number of imidazole rings is 1. The molecule has 12 heteroatoms. The third-order valence-corrected chi connectivity index (χ3v) is 9.49. The molecular weight excluding hydrogens is 567 g/mol. The Kier molecular flexibility index (Phi) is 7.13. The minimum absolute atomic E-state index is 0.0296. The zero-order chi connectivity index (χ0) is 28.9. The lowest BCUT2D eigenvalue weighted by Gasteiger charge is -2.34. The highest BCUT2D eigenvalue weighted by Crippen LogP contribution is 2.39. The maximum absolute atomic E-state index is 15.5. The number of aromatic nitrogens is 5. The zero-order valence-corrected chi connectivity index (χ0v) is 24.3. The fraction of sp³-hybridized carbons (Fsp3) is 0.310. The summed E-state index contributed by atoms with van der Waals surface area (Å²) in [5, 5.41) is 1.08. The van der Waals surface area contributed by atoms with Crippen LogP contribution in [-0.2, 0) is 10.0 Å². The molecule has 0 amide bonds. The molecule has 0 N–H and O–H groups in total.